The van der Waals surface area contributed by atoms with Crippen LogP contribution in [0.5, 0.6) is 5.75 Å². The molecular weight excluding hydrogens is 642 g/mol. The molecule has 3 aliphatic rings. The Morgan fingerprint density at radius 1 is 1.14 bits per heavy atom. The molecule has 242 valence electrons. The number of nitrogens with zero attached hydrogens (tertiary/aromatic N) is 3. The Kier molecular flexibility index (Phi) is 10.4. The van der Waals surface area contributed by atoms with E-state index in [0.717, 1.165) is 6.42 Å². The number of amides is 3. The van der Waals surface area contributed by atoms with Crippen LogP contribution in [0.25, 0.3) is 0 Å². The third-order valence-electron chi connectivity index (χ3n) is 8.96. The van der Waals surface area contributed by atoms with Crippen molar-refractivity contribution in [3.05, 3.63) is 49.6 Å². The molecule has 0 saturated carbocycles. The number of hydrogen-bond acceptors (Lipinski definition) is 6. The lowest BCUT2D eigenvalue weighted by molar-refractivity contribution is -0.147. The maximum Gasteiger partial charge on any atom is 0.247 e. The summed E-state index contributed by atoms with van der Waals surface area (Å²) in [5.41, 5.74) is 0.123. The van der Waals surface area contributed by atoms with Gasteiger partial charge in [0.1, 0.15) is 11.8 Å². The number of benzene rings is 1. The van der Waals surface area contributed by atoms with Gasteiger partial charge in [0.15, 0.2) is 0 Å². The summed E-state index contributed by atoms with van der Waals surface area (Å²) in [7, 11) is 0. The van der Waals surface area contributed by atoms with E-state index < -0.39 is 28.2 Å². The van der Waals surface area contributed by atoms with Crippen molar-refractivity contribution in [3.8, 4) is 5.75 Å². The number of rotatable bonds is 13. The molecule has 0 radical (unpaired) electrons. The number of hydrogen-bond donors (Lipinski definition) is 1. The molecule has 6 atom stereocenters. The number of likely N-dealkylation sites (tertiary alicyclic amines) is 1. The van der Waals surface area contributed by atoms with Crippen LogP contribution in [-0.2, 0) is 14.4 Å². The highest BCUT2D eigenvalue weighted by molar-refractivity contribution is 9.09. The lowest BCUT2D eigenvalue weighted by Crippen LogP contribution is -2.60. The number of alkyl halides is 1. The molecule has 8 nitrogen and oxygen atoms in total. The molecule has 1 N–H and O–H groups in total. The van der Waals surface area contributed by atoms with E-state index >= 15 is 0 Å². The fraction of sp³-hybridized carbons (Fsp3) is 0.618. The van der Waals surface area contributed by atoms with Gasteiger partial charge in [-0.25, -0.2) is 0 Å². The van der Waals surface area contributed by atoms with Gasteiger partial charge in [0.05, 0.1) is 29.8 Å². The van der Waals surface area contributed by atoms with Crippen LogP contribution in [0.3, 0.4) is 0 Å². The first-order valence-corrected chi connectivity index (χ1v) is 17.3. The number of β-amino-alcohol motifs (C(OH)–C–C–N with tert-alkyl or cyclic N) is 1. The van der Waals surface area contributed by atoms with Crippen LogP contribution in [0.4, 0.5) is 5.69 Å². The zero-order chi connectivity index (χ0) is 32.6. The van der Waals surface area contributed by atoms with Gasteiger partial charge in [0, 0.05) is 40.9 Å². The Hall–Kier alpha value is -2.30. The first-order chi connectivity index (χ1) is 20.7. The molecule has 3 amide bonds. The van der Waals surface area contributed by atoms with E-state index in [9.17, 15) is 19.5 Å². The van der Waals surface area contributed by atoms with Crippen molar-refractivity contribution in [1.82, 2.24) is 9.80 Å². The quantitative estimate of drug-likeness (QED) is 0.224. The van der Waals surface area contributed by atoms with Crippen LogP contribution in [-0.4, -0.2) is 91.9 Å². The number of aliphatic hydroxyl groups is 1. The van der Waals surface area contributed by atoms with E-state index in [1.807, 2.05) is 36.1 Å². The van der Waals surface area contributed by atoms with E-state index in [0.29, 0.717) is 31.0 Å². The fourth-order valence-corrected chi connectivity index (χ4v) is 11.5. The molecule has 0 aromatic heterocycles. The first kappa shape index (κ1) is 34.6. The molecule has 4 rings (SSSR count). The maximum absolute atomic E-state index is 14.8. The Morgan fingerprint density at radius 2 is 1.77 bits per heavy atom. The monoisotopic (exact) mass is 689 g/mol. The minimum atomic E-state index is -0.808. The molecule has 0 aliphatic carbocycles. The maximum atomic E-state index is 14.8. The highest BCUT2D eigenvalue weighted by Gasteiger charge is 2.76. The standard InChI is InChI=1S/C34H48BrN3O5S/c1-9-16-36(22-12-14-23(15-13-22)43-11-3)29(40)25-26-30(41)37(18-19-39)28(34(26)20-24(35)27(25)44-34)31(42)38(17-10-2)33(7,8)21-32(4,5)6/h9-10,12-15,24-28,39H,1-2,11,16-21H2,3-8H3/t24?,25-,26-,27-,28?,34?/m0/s1. The predicted octanol–water partition coefficient (Wildman–Crippen LogP) is 5.29. The lowest BCUT2D eigenvalue weighted by Gasteiger charge is -2.46. The molecule has 3 fully saturated rings. The van der Waals surface area contributed by atoms with Crippen LogP contribution in [0.2, 0.25) is 0 Å². The van der Waals surface area contributed by atoms with E-state index in [1.165, 1.54) is 0 Å². The van der Waals surface area contributed by atoms with Crippen molar-refractivity contribution in [2.24, 2.45) is 17.3 Å². The van der Waals surface area contributed by atoms with Crippen LogP contribution < -0.4 is 9.64 Å². The summed E-state index contributed by atoms with van der Waals surface area (Å²) in [6.07, 6.45) is 4.73. The third-order valence-corrected chi connectivity index (χ3v) is 12.2. The van der Waals surface area contributed by atoms with Crippen LogP contribution in [0, 0.1) is 17.3 Å². The number of ether oxygens (including phenoxy) is 1. The van der Waals surface area contributed by atoms with Crippen molar-refractivity contribution < 1.29 is 24.2 Å². The molecule has 1 aromatic carbocycles. The van der Waals surface area contributed by atoms with Gasteiger partial charge in [-0.05, 0) is 63.3 Å². The zero-order valence-corrected chi connectivity index (χ0v) is 29.3. The van der Waals surface area contributed by atoms with Gasteiger partial charge in [0.2, 0.25) is 17.7 Å². The summed E-state index contributed by atoms with van der Waals surface area (Å²) in [4.78, 5) is 48.7. The Balaban J connectivity index is 1.76. The highest BCUT2D eigenvalue weighted by Crippen LogP contribution is 2.68. The second-order valence-electron chi connectivity index (χ2n) is 13.9. The molecule has 1 aromatic rings. The first-order valence-electron chi connectivity index (χ1n) is 15.5. The van der Waals surface area contributed by atoms with Gasteiger partial charge in [0.25, 0.3) is 0 Å². The molecule has 3 heterocycles. The molecule has 2 bridgehead atoms. The summed E-state index contributed by atoms with van der Waals surface area (Å²) in [5.74, 6) is -1.18. The summed E-state index contributed by atoms with van der Waals surface area (Å²) in [6.45, 7) is 21.2. The van der Waals surface area contributed by atoms with Crippen molar-refractivity contribution in [3.63, 3.8) is 0 Å². The minimum Gasteiger partial charge on any atom is -0.494 e. The predicted molar refractivity (Wildman–Crippen MR) is 181 cm³/mol. The number of anilines is 1. The average Bonchev–Trinajstić information content (AvgIpc) is 3.52. The fourth-order valence-electron chi connectivity index (χ4n) is 7.87. The third kappa shape index (κ3) is 6.23. The van der Waals surface area contributed by atoms with Crippen molar-refractivity contribution in [2.75, 3.05) is 37.7 Å². The molecular formula is C34H48BrN3O5S. The van der Waals surface area contributed by atoms with Gasteiger partial charge in [-0.1, -0.05) is 48.9 Å². The number of carbonyl (C=O) groups is 3. The van der Waals surface area contributed by atoms with Gasteiger partial charge < -0.3 is 24.5 Å². The number of halogens is 1. The van der Waals surface area contributed by atoms with Gasteiger partial charge >= 0.3 is 0 Å². The van der Waals surface area contributed by atoms with E-state index in [4.69, 9.17) is 4.74 Å². The van der Waals surface area contributed by atoms with Gasteiger partial charge in [-0.3, -0.25) is 14.4 Å². The summed E-state index contributed by atoms with van der Waals surface area (Å²) in [5, 5.41) is 9.89. The second-order valence-corrected chi connectivity index (χ2v) is 16.6. The number of thioether (sulfide) groups is 1. The second kappa shape index (κ2) is 13.2. The molecule has 44 heavy (non-hydrogen) atoms. The normalized spacial score (nSPS) is 27.7. The molecule has 10 heteroatoms. The van der Waals surface area contributed by atoms with Crippen LogP contribution >= 0.6 is 27.7 Å². The number of fused-ring (bicyclic) bond motifs is 1. The zero-order valence-electron chi connectivity index (χ0n) is 26.9. The molecule has 3 aliphatic heterocycles. The van der Waals surface area contributed by atoms with Crippen LogP contribution in [0.1, 0.15) is 54.4 Å². The molecule has 3 saturated heterocycles. The van der Waals surface area contributed by atoms with Crippen LogP contribution in [0.15, 0.2) is 49.6 Å². The summed E-state index contributed by atoms with van der Waals surface area (Å²) < 4.78 is 4.79. The average molecular weight is 691 g/mol. The van der Waals surface area contributed by atoms with E-state index in [-0.39, 0.29) is 52.9 Å². The SMILES string of the molecule is C=CCN(C(=O)[C@H]1[C@H]2C(=O)N(CCO)C(C(=O)N(CC=C)C(C)(C)CC(C)(C)C)C23CC(Br)[C@@H]1S3)c1ccc(OCC)cc1. The van der Waals surface area contributed by atoms with Crippen molar-refractivity contribution in [1.29, 1.82) is 0 Å². The number of carbonyl (C=O) groups excluding carboxylic acids is 3. The molecule has 3 unspecified atom stereocenters. The molecule has 1 spiro atoms. The highest BCUT2D eigenvalue weighted by atomic mass is 79.9. The Labute approximate surface area is 275 Å². The van der Waals surface area contributed by atoms with E-state index in [2.05, 4.69) is 63.7 Å². The van der Waals surface area contributed by atoms with E-state index in [1.54, 1.807) is 33.7 Å². The van der Waals surface area contributed by atoms with Crippen molar-refractivity contribution in [2.45, 2.75) is 80.8 Å². The summed E-state index contributed by atoms with van der Waals surface area (Å²) >= 11 is 5.47. The lowest BCUT2D eigenvalue weighted by atomic mass is 9.70. The smallest absolute Gasteiger partial charge is 0.247 e. The summed E-state index contributed by atoms with van der Waals surface area (Å²) in [6, 6.07) is 6.55. The number of aliphatic hydroxyl groups excluding tert-OH is 1. The van der Waals surface area contributed by atoms with Gasteiger partial charge in [-0.2, -0.15) is 0 Å². The Morgan fingerprint density at radius 3 is 2.32 bits per heavy atom. The Bertz CT molecular complexity index is 1260. The topological polar surface area (TPSA) is 90.4 Å². The van der Waals surface area contributed by atoms with Gasteiger partial charge in [-0.15, -0.1) is 24.9 Å². The van der Waals surface area contributed by atoms with Crippen molar-refractivity contribution >= 4 is 51.1 Å². The minimum absolute atomic E-state index is 0.0312. The largest absolute Gasteiger partial charge is 0.494 e.